The van der Waals surface area contributed by atoms with Crippen molar-refractivity contribution in [1.82, 2.24) is 9.97 Å². The van der Waals surface area contributed by atoms with Crippen LogP contribution in [-0.4, -0.2) is 36.1 Å². The zero-order valence-corrected chi connectivity index (χ0v) is 15.4. The molecule has 1 aliphatic rings. The Morgan fingerprint density at radius 1 is 1.19 bits per heavy atom. The second kappa shape index (κ2) is 8.65. The minimum Gasteiger partial charge on any atom is -0.497 e. The van der Waals surface area contributed by atoms with E-state index in [0.717, 1.165) is 36.3 Å². The summed E-state index contributed by atoms with van der Waals surface area (Å²) in [4.78, 5) is 23.1. The molecule has 0 radical (unpaired) electrons. The molecule has 1 aromatic carbocycles. The molecule has 0 atom stereocenters. The van der Waals surface area contributed by atoms with Gasteiger partial charge >= 0.3 is 0 Å². The summed E-state index contributed by atoms with van der Waals surface area (Å²) in [7, 11) is 1.64. The molecule has 1 fully saturated rings. The van der Waals surface area contributed by atoms with Crippen molar-refractivity contribution in [3.05, 3.63) is 42.2 Å². The first-order valence-electron chi connectivity index (χ1n) is 9.14. The number of rotatable bonds is 6. The molecule has 0 aliphatic carbocycles. The highest BCUT2D eigenvalue weighted by molar-refractivity contribution is 5.90. The van der Waals surface area contributed by atoms with Crippen molar-refractivity contribution in [2.75, 3.05) is 30.4 Å². The molecule has 0 unspecified atom stereocenters. The fraction of sp³-hybridized carbons (Fsp3) is 0.450. The zero-order valence-electron chi connectivity index (χ0n) is 15.4. The van der Waals surface area contributed by atoms with Gasteiger partial charge in [-0.1, -0.05) is 19.1 Å². The van der Waals surface area contributed by atoms with Gasteiger partial charge in [0.05, 0.1) is 25.2 Å². The van der Waals surface area contributed by atoms with Gasteiger partial charge in [-0.05, 0) is 42.9 Å². The molecule has 1 N–H and O–H groups in total. The monoisotopic (exact) mass is 354 g/mol. The third-order valence-corrected chi connectivity index (χ3v) is 4.79. The molecule has 3 rings (SSSR count). The first-order valence-corrected chi connectivity index (χ1v) is 9.14. The van der Waals surface area contributed by atoms with Crippen LogP contribution in [0.25, 0.3) is 0 Å². The van der Waals surface area contributed by atoms with Crippen LogP contribution in [0, 0.1) is 5.92 Å². The topological polar surface area (TPSA) is 67.3 Å². The largest absolute Gasteiger partial charge is 0.497 e. The van der Waals surface area contributed by atoms with Crippen LogP contribution >= 0.6 is 0 Å². The molecule has 1 aromatic heterocycles. The van der Waals surface area contributed by atoms with Gasteiger partial charge in [0.1, 0.15) is 5.75 Å². The highest BCUT2D eigenvalue weighted by atomic mass is 16.5. The zero-order chi connectivity index (χ0) is 18.4. The van der Waals surface area contributed by atoms with Gasteiger partial charge in [0.2, 0.25) is 11.9 Å². The third-order valence-electron chi connectivity index (χ3n) is 4.79. The lowest BCUT2D eigenvalue weighted by Gasteiger charge is -2.30. The predicted octanol–water partition coefficient (Wildman–Crippen LogP) is 3.29. The second-order valence-electron chi connectivity index (χ2n) is 6.84. The number of amides is 1. The van der Waals surface area contributed by atoms with E-state index in [1.807, 2.05) is 24.3 Å². The molecule has 1 aliphatic heterocycles. The summed E-state index contributed by atoms with van der Waals surface area (Å²) in [6.45, 7) is 4.27. The average molecular weight is 354 g/mol. The number of aromatic nitrogens is 2. The number of hydrogen-bond acceptors (Lipinski definition) is 5. The van der Waals surface area contributed by atoms with Gasteiger partial charge in [-0.25, -0.2) is 9.97 Å². The van der Waals surface area contributed by atoms with Crippen molar-refractivity contribution in [1.29, 1.82) is 0 Å². The summed E-state index contributed by atoms with van der Waals surface area (Å²) >= 11 is 0. The maximum Gasteiger partial charge on any atom is 0.225 e. The van der Waals surface area contributed by atoms with Gasteiger partial charge in [-0.15, -0.1) is 0 Å². The molecule has 0 spiro atoms. The molecule has 26 heavy (non-hydrogen) atoms. The summed E-state index contributed by atoms with van der Waals surface area (Å²) in [5, 5.41) is 2.86. The van der Waals surface area contributed by atoms with Gasteiger partial charge in [0, 0.05) is 19.5 Å². The Morgan fingerprint density at radius 3 is 2.46 bits per heavy atom. The van der Waals surface area contributed by atoms with E-state index in [0.29, 0.717) is 18.5 Å². The first-order chi connectivity index (χ1) is 12.6. The van der Waals surface area contributed by atoms with Gasteiger partial charge < -0.3 is 15.0 Å². The summed E-state index contributed by atoms with van der Waals surface area (Å²) in [6.07, 6.45) is 6.82. The van der Waals surface area contributed by atoms with Crippen molar-refractivity contribution in [2.24, 2.45) is 5.92 Å². The van der Waals surface area contributed by atoms with Crippen LogP contribution in [0.1, 0.15) is 31.7 Å². The van der Waals surface area contributed by atoms with Crippen LogP contribution in [0.4, 0.5) is 11.6 Å². The normalized spacial score (nSPS) is 14.9. The van der Waals surface area contributed by atoms with Crippen LogP contribution in [0.15, 0.2) is 36.7 Å². The lowest BCUT2D eigenvalue weighted by atomic mass is 10.00. The predicted molar refractivity (Wildman–Crippen MR) is 103 cm³/mol. The Bertz CT molecular complexity index is 708. The quantitative estimate of drug-likeness (QED) is 0.862. The molecule has 138 valence electrons. The summed E-state index contributed by atoms with van der Waals surface area (Å²) < 4.78 is 5.14. The maximum atomic E-state index is 12.1. The minimum atomic E-state index is -0.0380. The molecule has 0 bridgehead atoms. The van der Waals surface area contributed by atoms with E-state index in [9.17, 15) is 4.79 Å². The fourth-order valence-electron chi connectivity index (χ4n) is 3.03. The van der Waals surface area contributed by atoms with E-state index in [4.69, 9.17) is 4.74 Å². The summed E-state index contributed by atoms with van der Waals surface area (Å²) in [6, 6.07) is 7.76. The van der Waals surface area contributed by atoms with Crippen LogP contribution in [0.3, 0.4) is 0 Å². The van der Waals surface area contributed by atoms with Gasteiger partial charge in [0.25, 0.3) is 0 Å². The van der Waals surface area contributed by atoms with Crippen LogP contribution in [-0.2, 0) is 11.2 Å². The van der Waals surface area contributed by atoms with E-state index >= 15 is 0 Å². The number of carbonyl (C=O) groups excluding carboxylic acids is 1. The third kappa shape index (κ3) is 4.94. The number of carbonyl (C=O) groups is 1. The van der Waals surface area contributed by atoms with Gasteiger partial charge in [-0.3, -0.25) is 4.79 Å². The molecule has 0 saturated carbocycles. The number of benzene rings is 1. The van der Waals surface area contributed by atoms with Gasteiger partial charge in [0.15, 0.2) is 0 Å². The number of hydrogen-bond donors (Lipinski definition) is 1. The van der Waals surface area contributed by atoms with E-state index < -0.39 is 0 Å². The number of piperidine rings is 1. The highest BCUT2D eigenvalue weighted by Gasteiger charge is 2.17. The fourth-order valence-corrected chi connectivity index (χ4v) is 3.03. The number of ether oxygens (including phenoxy) is 1. The molecule has 6 heteroatoms. The maximum absolute atomic E-state index is 12.1. The molecule has 6 nitrogen and oxygen atoms in total. The van der Waals surface area contributed by atoms with E-state index in [1.165, 1.54) is 12.8 Å². The number of nitrogens with one attached hydrogen (secondary N) is 1. The number of nitrogens with zero attached hydrogens (tertiary/aromatic N) is 3. The average Bonchev–Trinajstić information content (AvgIpc) is 2.68. The van der Waals surface area contributed by atoms with Crippen LogP contribution in [0.2, 0.25) is 0 Å². The minimum absolute atomic E-state index is 0.0380. The van der Waals surface area contributed by atoms with Crippen molar-refractivity contribution < 1.29 is 9.53 Å². The van der Waals surface area contributed by atoms with Crippen LogP contribution < -0.4 is 15.0 Å². The SMILES string of the molecule is COc1ccc(CCC(=O)Nc2cnc(N3CCC(C)CC3)nc2)cc1. The number of anilines is 2. The van der Waals surface area contributed by atoms with Crippen molar-refractivity contribution in [2.45, 2.75) is 32.6 Å². The Hall–Kier alpha value is -2.63. The van der Waals surface area contributed by atoms with Crippen molar-refractivity contribution in [3.8, 4) is 5.75 Å². The number of aryl methyl sites for hydroxylation is 1. The Kier molecular flexibility index (Phi) is 6.04. The summed E-state index contributed by atoms with van der Waals surface area (Å²) in [5.41, 5.74) is 1.74. The Morgan fingerprint density at radius 2 is 1.85 bits per heavy atom. The van der Waals surface area contributed by atoms with E-state index in [-0.39, 0.29) is 5.91 Å². The van der Waals surface area contributed by atoms with Crippen molar-refractivity contribution in [3.63, 3.8) is 0 Å². The summed E-state index contributed by atoms with van der Waals surface area (Å²) in [5.74, 6) is 2.30. The Balaban J connectivity index is 1.47. The second-order valence-corrected chi connectivity index (χ2v) is 6.84. The van der Waals surface area contributed by atoms with E-state index in [1.54, 1.807) is 19.5 Å². The van der Waals surface area contributed by atoms with Crippen LogP contribution in [0.5, 0.6) is 5.75 Å². The highest BCUT2D eigenvalue weighted by Crippen LogP contribution is 2.20. The van der Waals surface area contributed by atoms with E-state index in [2.05, 4.69) is 27.1 Å². The molecule has 1 saturated heterocycles. The standard InChI is InChI=1S/C20H26N4O2/c1-15-9-11-24(12-10-15)20-21-13-17(14-22-20)23-19(25)8-5-16-3-6-18(26-2)7-4-16/h3-4,6-7,13-15H,5,8-12H2,1-2H3,(H,23,25). The molecule has 2 aromatic rings. The lowest BCUT2D eigenvalue weighted by Crippen LogP contribution is -2.34. The molecule has 2 heterocycles. The molecule has 1 amide bonds. The molecular weight excluding hydrogens is 328 g/mol. The molecular formula is C20H26N4O2. The smallest absolute Gasteiger partial charge is 0.225 e. The lowest BCUT2D eigenvalue weighted by molar-refractivity contribution is -0.116. The first kappa shape index (κ1) is 18.2. The van der Waals surface area contributed by atoms with Crippen molar-refractivity contribution >= 4 is 17.5 Å². The van der Waals surface area contributed by atoms with Gasteiger partial charge in [-0.2, -0.15) is 0 Å². The Labute approximate surface area is 154 Å². The number of methoxy groups -OCH3 is 1.